The van der Waals surface area contributed by atoms with Gasteiger partial charge in [0.1, 0.15) is 0 Å². The first-order valence-electron chi connectivity index (χ1n) is 5.99. The predicted molar refractivity (Wildman–Crippen MR) is 73.1 cm³/mol. The summed E-state index contributed by atoms with van der Waals surface area (Å²) >= 11 is 0. The molecule has 0 aliphatic heterocycles. The molecule has 0 spiro atoms. The quantitative estimate of drug-likeness (QED) is 0.593. The van der Waals surface area contributed by atoms with Crippen molar-refractivity contribution in [2.45, 2.75) is 18.4 Å². The van der Waals surface area contributed by atoms with Crippen LogP contribution in [0.1, 0.15) is 18.4 Å². The number of carboxylic acid groups (broad SMARTS) is 2. The summed E-state index contributed by atoms with van der Waals surface area (Å²) in [5.74, 6) is -2.80. The Hall–Kier alpha value is -2.54. The van der Waals surface area contributed by atoms with Crippen LogP contribution in [0.2, 0.25) is 0 Å². The number of aliphatic hydroxyl groups is 1. The molecular weight excluding hydrogens is 280 g/mol. The SMILES string of the molecule is COc1cc(/C=C/CC(O)(CC(=O)O)C(=O)O)ccc1O. The summed E-state index contributed by atoms with van der Waals surface area (Å²) in [7, 11) is 1.39. The van der Waals surface area contributed by atoms with Crippen LogP contribution in [0.25, 0.3) is 6.08 Å². The summed E-state index contributed by atoms with van der Waals surface area (Å²) in [6, 6.07) is 4.48. The molecule has 4 N–H and O–H groups in total. The van der Waals surface area contributed by atoms with Crippen molar-refractivity contribution >= 4 is 18.0 Å². The highest BCUT2D eigenvalue weighted by molar-refractivity contribution is 5.84. The van der Waals surface area contributed by atoms with Crippen molar-refractivity contribution in [1.29, 1.82) is 0 Å². The number of hydrogen-bond donors (Lipinski definition) is 4. The Morgan fingerprint density at radius 3 is 2.52 bits per heavy atom. The number of carboxylic acids is 2. The van der Waals surface area contributed by atoms with Crippen molar-refractivity contribution < 1.29 is 34.8 Å². The molecule has 21 heavy (non-hydrogen) atoms. The predicted octanol–water partition coefficient (Wildman–Crippen LogP) is 1.09. The second kappa shape index (κ2) is 6.76. The Balaban J connectivity index is 2.85. The van der Waals surface area contributed by atoms with Crippen molar-refractivity contribution in [1.82, 2.24) is 0 Å². The van der Waals surface area contributed by atoms with E-state index in [1.165, 1.54) is 31.4 Å². The lowest BCUT2D eigenvalue weighted by atomic mass is 9.95. The van der Waals surface area contributed by atoms with Gasteiger partial charge in [0.05, 0.1) is 13.5 Å². The van der Waals surface area contributed by atoms with Gasteiger partial charge in [-0.1, -0.05) is 18.2 Å². The van der Waals surface area contributed by atoms with Crippen molar-refractivity contribution in [2.75, 3.05) is 7.11 Å². The highest BCUT2D eigenvalue weighted by Crippen LogP contribution is 2.27. The Morgan fingerprint density at radius 2 is 2.00 bits per heavy atom. The van der Waals surface area contributed by atoms with Crippen molar-refractivity contribution in [3.05, 3.63) is 29.8 Å². The molecule has 1 rings (SSSR count). The van der Waals surface area contributed by atoms with Gasteiger partial charge in [0.25, 0.3) is 0 Å². The first kappa shape index (κ1) is 16.5. The third-order valence-electron chi connectivity index (χ3n) is 2.81. The lowest BCUT2D eigenvalue weighted by Gasteiger charge is -2.19. The van der Waals surface area contributed by atoms with Gasteiger partial charge in [0.2, 0.25) is 0 Å². The molecule has 0 fully saturated rings. The number of ether oxygens (including phenoxy) is 1. The molecule has 0 amide bonds. The summed E-state index contributed by atoms with van der Waals surface area (Å²) in [5, 5.41) is 36.7. The maximum atomic E-state index is 10.9. The van der Waals surface area contributed by atoms with E-state index in [0.717, 1.165) is 0 Å². The van der Waals surface area contributed by atoms with Gasteiger partial charge < -0.3 is 25.2 Å². The monoisotopic (exact) mass is 296 g/mol. The van der Waals surface area contributed by atoms with E-state index in [4.69, 9.17) is 14.9 Å². The maximum absolute atomic E-state index is 10.9. The van der Waals surface area contributed by atoms with Crippen LogP contribution in [-0.4, -0.2) is 45.1 Å². The number of phenolic OH excluding ortho intramolecular Hbond substituents is 1. The number of methoxy groups -OCH3 is 1. The molecule has 0 saturated heterocycles. The van der Waals surface area contributed by atoms with Crippen LogP contribution in [0.15, 0.2) is 24.3 Å². The van der Waals surface area contributed by atoms with Crippen molar-refractivity contribution in [2.24, 2.45) is 0 Å². The van der Waals surface area contributed by atoms with E-state index < -0.39 is 24.0 Å². The van der Waals surface area contributed by atoms with Crippen molar-refractivity contribution in [3.63, 3.8) is 0 Å². The fourth-order valence-corrected chi connectivity index (χ4v) is 1.67. The van der Waals surface area contributed by atoms with Crippen LogP contribution in [0.4, 0.5) is 0 Å². The Labute approximate surface area is 120 Å². The summed E-state index contributed by atoms with van der Waals surface area (Å²) in [4.78, 5) is 21.5. The van der Waals surface area contributed by atoms with Gasteiger partial charge in [-0.25, -0.2) is 4.79 Å². The number of aliphatic carboxylic acids is 2. The molecule has 1 atom stereocenters. The first-order valence-corrected chi connectivity index (χ1v) is 5.99. The third-order valence-corrected chi connectivity index (χ3v) is 2.81. The summed E-state index contributed by atoms with van der Waals surface area (Å²) < 4.78 is 4.92. The third kappa shape index (κ3) is 4.50. The highest BCUT2D eigenvalue weighted by Gasteiger charge is 2.37. The Bertz CT molecular complexity index is 564. The standard InChI is InChI=1S/C14H16O7/c1-21-11-7-9(4-5-10(11)15)3-2-6-14(20,13(18)19)8-12(16)17/h2-5,7,15,20H,6,8H2,1H3,(H,16,17)(H,18,19)/b3-2+. The minimum Gasteiger partial charge on any atom is -0.504 e. The van der Waals surface area contributed by atoms with E-state index in [9.17, 15) is 19.8 Å². The van der Waals surface area contributed by atoms with Gasteiger partial charge in [0.15, 0.2) is 17.1 Å². The molecule has 0 heterocycles. The minimum atomic E-state index is -2.36. The highest BCUT2D eigenvalue weighted by atomic mass is 16.5. The number of rotatable bonds is 7. The second-order valence-electron chi connectivity index (χ2n) is 4.45. The zero-order valence-electron chi connectivity index (χ0n) is 11.3. The van der Waals surface area contributed by atoms with Gasteiger partial charge in [-0.15, -0.1) is 0 Å². The summed E-state index contributed by atoms with van der Waals surface area (Å²) in [6.45, 7) is 0. The smallest absolute Gasteiger partial charge is 0.336 e. The second-order valence-corrected chi connectivity index (χ2v) is 4.45. The zero-order chi connectivity index (χ0) is 16.0. The van der Waals surface area contributed by atoms with Crippen LogP contribution >= 0.6 is 0 Å². The molecule has 0 aromatic heterocycles. The van der Waals surface area contributed by atoms with E-state index >= 15 is 0 Å². The Morgan fingerprint density at radius 1 is 1.33 bits per heavy atom. The average Bonchev–Trinajstić information content (AvgIpc) is 2.39. The molecule has 7 heteroatoms. The number of benzene rings is 1. The molecule has 0 radical (unpaired) electrons. The number of carbonyl (C=O) groups is 2. The molecule has 0 saturated carbocycles. The molecular formula is C14H16O7. The molecule has 0 aliphatic rings. The first-order chi connectivity index (χ1) is 9.78. The maximum Gasteiger partial charge on any atom is 0.336 e. The van der Waals surface area contributed by atoms with Crippen LogP contribution in [-0.2, 0) is 9.59 Å². The van der Waals surface area contributed by atoms with Crippen LogP contribution < -0.4 is 4.74 Å². The van der Waals surface area contributed by atoms with E-state index in [-0.39, 0.29) is 17.9 Å². The molecule has 7 nitrogen and oxygen atoms in total. The average molecular weight is 296 g/mol. The lowest BCUT2D eigenvalue weighted by molar-refractivity contribution is -0.164. The molecule has 0 bridgehead atoms. The van der Waals surface area contributed by atoms with E-state index in [1.54, 1.807) is 6.07 Å². The van der Waals surface area contributed by atoms with Crippen LogP contribution in [0, 0.1) is 0 Å². The van der Waals surface area contributed by atoms with Gasteiger partial charge in [0, 0.05) is 6.42 Å². The molecule has 114 valence electrons. The van der Waals surface area contributed by atoms with E-state index in [0.29, 0.717) is 5.56 Å². The minimum absolute atomic E-state index is 0.0393. The van der Waals surface area contributed by atoms with Crippen LogP contribution in [0.3, 0.4) is 0 Å². The molecule has 0 aliphatic carbocycles. The number of aromatic hydroxyl groups is 1. The van der Waals surface area contributed by atoms with E-state index in [2.05, 4.69) is 0 Å². The van der Waals surface area contributed by atoms with Gasteiger partial charge >= 0.3 is 11.9 Å². The molecule has 1 aromatic carbocycles. The topological polar surface area (TPSA) is 124 Å². The number of phenols is 1. The largest absolute Gasteiger partial charge is 0.504 e. The fourth-order valence-electron chi connectivity index (χ4n) is 1.67. The normalized spacial score (nSPS) is 13.8. The fraction of sp³-hybridized carbons (Fsp3) is 0.286. The van der Waals surface area contributed by atoms with E-state index in [1.807, 2.05) is 0 Å². The van der Waals surface area contributed by atoms with Gasteiger partial charge in [-0.05, 0) is 17.7 Å². The summed E-state index contributed by atoms with van der Waals surface area (Å²) in [5.41, 5.74) is -1.75. The summed E-state index contributed by atoms with van der Waals surface area (Å²) in [6.07, 6.45) is 1.59. The van der Waals surface area contributed by atoms with Gasteiger partial charge in [-0.2, -0.15) is 0 Å². The molecule has 1 aromatic rings. The van der Waals surface area contributed by atoms with Crippen molar-refractivity contribution in [3.8, 4) is 11.5 Å². The number of hydrogen-bond acceptors (Lipinski definition) is 5. The zero-order valence-corrected chi connectivity index (χ0v) is 11.3. The lowest BCUT2D eigenvalue weighted by Crippen LogP contribution is -2.40. The Kier molecular flexibility index (Phi) is 5.31. The molecule has 1 unspecified atom stereocenters. The van der Waals surface area contributed by atoms with Crippen LogP contribution in [0.5, 0.6) is 11.5 Å². The van der Waals surface area contributed by atoms with Gasteiger partial charge in [-0.3, -0.25) is 4.79 Å².